The highest BCUT2D eigenvalue weighted by Crippen LogP contribution is 2.31. The van der Waals surface area contributed by atoms with Crippen LogP contribution in [-0.4, -0.2) is 24.0 Å². The molecule has 1 saturated heterocycles. The zero-order valence-corrected chi connectivity index (χ0v) is 8.40. The van der Waals surface area contributed by atoms with Crippen LogP contribution in [0.3, 0.4) is 0 Å². The van der Waals surface area contributed by atoms with Crippen LogP contribution in [0.15, 0.2) is 12.1 Å². The fourth-order valence-corrected chi connectivity index (χ4v) is 1.77. The predicted molar refractivity (Wildman–Crippen MR) is 54.9 cm³/mol. The Morgan fingerprint density at radius 2 is 2.33 bits per heavy atom. The summed E-state index contributed by atoms with van der Waals surface area (Å²) in [4.78, 5) is 12.4. The van der Waals surface area contributed by atoms with Gasteiger partial charge in [-0.15, -0.1) is 0 Å². The molecule has 1 N–H and O–H groups in total. The first-order chi connectivity index (χ1) is 7.13. The van der Waals surface area contributed by atoms with E-state index < -0.39 is 5.82 Å². The molecule has 4 heteroatoms. The Labute approximate surface area is 87.1 Å². The second kappa shape index (κ2) is 3.53. The van der Waals surface area contributed by atoms with Gasteiger partial charge in [-0.3, -0.25) is 4.79 Å². The smallest absolute Gasteiger partial charge is 0.156 e. The van der Waals surface area contributed by atoms with Crippen molar-refractivity contribution in [2.24, 2.45) is 0 Å². The zero-order chi connectivity index (χ0) is 11.0. The van der Waals surface area contributed by atoms with Crippen molar-refractivity contribution in [3.8, 4) is 5.75 Å². The summed E-state index contributed by atoms with van der Waals surface area (Å²) in [5.74, 6) is -0.960. The van der Waals surface area contributed by atoms with Gasteiger partial charge in [0.25, 0.3) is 0 Å². The molecule has 1 aromatic rings. The standard InChI is InChI=1S/C11H12FNO2/c1-7-2-3-13(7)8-4-10(12)9(6-14)11(15)5-8/h4-7,15H,2-3H2,1H3. The number of aldehydes is 1. The Balaban J connectivity index is 2.38. The minimum Gasteiger partial charge on any atom is -0.507 e. The summed E-state index contributed by atoms with van der Waals surface area (Å²) >= 11 is 0. The van der Waals surface area contributed by atoms with Gasteiger partial charge < -0.3 is 10.0 Å². The second-order valence-corrected chi connectivity index (χ2v) is 3.81. The summed E-state index contributed by atoms with van der Waals surface area (Å²) in [5.41, 5.74) is 0.362. The molecule has 1 unspecified atom stereocenters. The largest absolute Gasteiger partial charge is 0.507 e. The molecule has 1 aliphatic heterocycles. The number of nitrogens with zero attached hydrogens (tertiary/aromatic N) is 1. The Morgan fingerprint density at radius 1 is 1.60 bits per heavy atom. The number of rotatable bonds is 2. The summed E-state index contributed by atoms with van der Waals surface area (Å²) in [7, 11) is 0. The molecule has 1 heterocycles. The average Bonchev–Trinajstić information content (AvgIpc) is 2.15. The Kier molecular flexibility index (Phi) is 2.34. The summed E-state index contributed by atoms with van der Waals surface area (Å²) in [5, 5.41) is 9.43. The maximum Gasteiger partial charge on any atom is 0.156 e. The molecule has 0 spiro atoms. The molecule has 1 atom stereocenters. The fraction of sp³-hybridized carbons (Fsp3) is 0.364. The minimum absolute atomic E-state index is 0.271. The van der Waals surface area contributed by atoms with Crippen LogP contribution in [0.25, 0.3) is 0 Å². The maximum absolute atomic E-state index is 13.3. The predicted octanol–water partition coefficient (Wildman–Crippen LogP) is 1.94. The van der Waals surface area contributed by atoms with E-state index in [0.717, 1.165) is 13.0 Å². The molecule has 2 rings (SSSR count). The van der Waals surface area contributed by atoms with Crippen molar-refractivity contribution >= 4 is 12.0 Å². The number of halogens is 1. The maximum atomic E-state index is 13.3. The van der Waals surface area contributed by atoms with Crippen molar-refractivity contribution in [2.75, 3.05) is 11.4 Å². The van der Waals surface area contributed by atoms with Crippen LogP contribution < -0.4 is 4.90 Å². The summed E-state index contributed by atoms with van der Waals surface area (Å²) < 4.78 is 13.3. The number of carbonyl (C=O) groups is 1. The van der Waals surface area contributed by atoms with Crippen LogP contribution in [-0.2, 0) is 0 Å². The van der Waals surface area contributed by atoms with E-state index in [1.165, 1.54) is 12.1 Å². The topological polar surface area (TPSA) is 40.5 Å². The van der Waals surface area contributed by atoms with Gasteiger partial charge in [-0.2, -0.15) is 0 Å². The highest BCUT2D eigenvalue weighted by atomic mass is 19.1. The lowest BCUT2D eigenvalue weighted by Gasteiger charge is -2.40. The number of phenols is 1. The van der Waals surface area contributed by atoms with Crippen molar-refractivity contribution in [3.05, 3.63) is 23.5 Å². The van der Waals surface area contributed by atoms with Crippen molar-refractivity contribution in [1.29, 1.82) is 0 Å². The van der Waals surface area contributed by atoms with Crippen LogP contribution in [0, 0.1) is 5.82 Å². The average molecular weight is 209 g/mol. The molecule has 0 bridgehead atoms. The quantitative estimate of drug-likeness (QED) is 0.757. The first-order valence-electron chi connectivity index (χ1n) is 4.88. The van der Waals surface area contributed by atoms with E-state index in [9.17, 15) is 14.3 Å². The van der Waals surface area contributed by atoms with Crippen LogP contribution >= 0.6 is 0 Å². The minimum atomic E-state index is -0.668. The molecule has 1 aromatic carbocycles. The molecular weight excluding hydrogens is 197 g/mol. The molecule has 3 nitrogen and oxygen atoms in total. The highest BCUT2D eigenvalue weighted by Gasteiger charge is 2.25. The Hall–Kier alpha value is -1.58. The van der Waals surface area contributed by atoms with E-state index >= 15 is 0 Å². The van der Waals surface area contributed by atoms with E-state index in [4.69, 9.17) is 0 Å². The molecule has 0 aromatic heterocycles. The molecule has 0 amide bonds. The van der Waals surface area contributed by atoms with Gasteiger partial charge in [0, 0.05) is 24.3 Å². The number of benzene rings is 1. The van der Waals surface area contributed by atoms with Gasteiger partial charge in [0.2, 0.25) is 0 Å². The summed E-state index contributed by atoms with van der Waals surface area (Å²) in [6.45, 7) is 2.90. The number of hydrogen-bond donors (Lipinski definition) is 1. The second-order valence-electron chi connectivity index (χ2n) is 3.81. The molecule has 1 fully saturated rings. The molecule has 0 radical (unpaired) electrons. The van der Waals surface area contributed by atoms with Crippen molar-refractivity contribution in [3.63, 3.8) is 0 Å². The zero-order valence-electron chi connectivity index (χ0n) is 8.40. The van der Waals surface area contributed by atoms with E-state index in [-0.39, 0.29) is 11.3 Å². The number of aromatic hydroxyl groups is 1. The first kappa shape index (κ1) is 9.96. The fourth-order valence-electron chi connectivity index (χ4n) is 1.77. The number of phenolic OH excluding ortho intramolecular Hbond substituents is 1. The van der Waals surface area contributed by atoms with Crippen LogP contribution in [0.5, 0.6) is 5.75 Å². The summed E-state index contributed by atoms with van der Waals surface area (Å²) in [6.07, 6.45) is 1.39. The Bertz CT molecular complexity index is 383. The molecule has 1 aliphatic rings. The highest BCUT2D eigenvalue weighted by molar-refractivity contribution is 5.81. The third kappa shape index (κ3) is 1.56. The van der Waals surface area contributed by atoms with E-state index in [0.29, 0.717) is 18.0 Å². The van der Waals surface area contributed by atoms with Gasteiger partial charge in [0.15, 0.2) is 6.29 Å². The van der Waals surface area contributed by atoms with Gasteiger partial charge in [0.1, 0.15) is 11.6 Å². The molecule has 15 heavy (non-hydrogen) atoms. The molecule has 0 aliphatic carbocycles. The summed E-state index contributed by atoms with van der Waals surface area (Å²) in [6, 6.07) is 3.09. The monoisotopic (exact) mass is 209 g/mol. The van der Waals surface area contributed by atoms with Crippen molar-refractivity contribution < 1.29 is 14.3 Å². The van der Waals surface area contributed by atoms with E-state index in [1.54, 1.807) is 0 Å². The van der Waals surface area contributed by atoms with Gasteiger partial charge in [-0.05, 0) is 19.4 Å². The SMILES string of the molecule is CC1CCN1c1cc(O)c(C=O)c(F)c1. The van der Waals surface area contributed by atoms with Gasteiger partial charge in [-0.25, -0.2) is 4.39 Å². The third-order valence-electron chi connectivity index (χ3n) is 2.86. The number of carbonyl (C=O) groups excluding carboxylic acids is 1. The number of anilines is 1. The van der Waals surface area contributed by atoms with Crippen molar-refractivity contribution in [2.45, 2.75) is 19.4 Å². The van der Waals surface area contributed by atoms with Crippen LogP contribution in [0.1, 0.15) is 23.7 Å². The molecular formula is C11H12FNO2. The van der Waals surface area contributed by atoms with Crippen LogP contribution in [0.4, 0.5) is 10.1 Å². The van der Waals surface area contributed by atoms with Gasteiger partial charge in [0.05, 0.1) is 5.56 Å². The van der Waals surface area contributed by atoms with Crippen LogP contribution in [0.2, 0.25) is 0 Å². The third-order valence-corrected chi connectivity index (χ3v) is 2.86. The van der Waals surface area contributed by atoms with Gasteiger partial charge >= 0.3 is 0 Å². The van der Waals surface area contributed by atoms with Crippen molar-refractivity contribution in [1.82, 2.24) is 0 Å². The lowest BCUT2D eigenvalue weighted by Crippen LogP contribution is -2.45. The van der Waals surface area contributed by atoms with E-state index in [1.807, 2.05) is 11.8 Å². The van der Waals surface area contributed by atoms with E-state index in [2.05, 4.69) is 0 Å². The normalized spacial score (nSPS) is 19.9. The molecule has 80 valence electrons. The first-order valence-corrected chi connectivity index (χ1v) is 4.88. The number of hydrogen-bond acceptors (Lipinski definition) is 3. The lowest BCUT2D eigenvalue weighted by atomic mass is 10.0. The Morgan fingerprint density at radius 3 is 2.73 bits per heavy atom. The van der Waals surface area contributed by atoms with Gasteiger partial charge in [-0.1, -0.05) is 0 Å². The molecule has 0 saturated carbocycles. The lowest BCUT2D eigenvalue weighted by molar-refractivity contribution is 0.111.